The number of carbonyl (C=O) groups is 1. The van der Waals surface area contributed by atoms with E-state index < -0.39 is 0 Å². The Morgan fingerprint density at radius 2 is 2.00 bits per heavy atom. The van der Waals surface area contributed by atoms with Gasteiger partial charge in [-0.05, 0) is 53.8 Å². The topological polar surface area (TPSA) is 38.3 Å². The van der Waals surface area contributed by atoms with Crippen molar-refractivity contribution in [3.05, 3.63) is 63.2 Å². The second-order valence-electron chi connectivity index (χ2n) is 4.26. The van der Waals surface area contributed by atoms with E-state index in [1.54, 1.807) is 0 Å². The van der Waals surface area contributed by atoms with Gasteiger partial charge in [0.25, 0.3) is 5.91 Å². The van der Waals surface area contributed by atoms with E-state index in [1.165, 1.54) is 0 Å². The van der Waals surface area contributed by atoms with Gasteiger partial charge in [-0.2, -0.15) is 0 Å². The Morgan fingerprint density at radius 1 is 1.20 bits per heavy atom. The molecule has 2 aromatic rings. The Morgan fingerprint density at radius 3 is 2.75 bits per heavy atom. The molecule has 0 heterocycles. The fourth-order valence-corrected chi connectivity index (χ4v) is 2.35. The van der Waals surface area contributed by atoms with Gasteiger partial charge in [0.2, 0.25) is 0 Å². The lowest BCUT2D eigenvalue weighted by Crippen LogP contribution is -2.13. The molecule has 0 spiro atoms. The molecule has 0 saturated carbocycles. The zero-order chi connectivity index (χ0) is 14.4. The van der Waals surface area contributed by atoms with Gasteiger partial charge in [-0.15, -0.1) is 0 Å². The van der Waals surface area contributed by atoms with Gasteiger partial charge in [0, 0.05) is 27.0 Å². The van der Waals surface area contributed by atoms with E-state index in [0.29, 0.717) is 18.8 Å². The van der Waals surface area contributed by atoms with Crippen LogP contribution in [0, 0.1) is 3.57 Å². The zero-order valence-electron chi connectivity index (χ0n) is 11.2. The number of para-hydroxylation sites is 1. The number of hydrogen-bond acceptors (Lipinski definition) is 2. The van der Waals surface area contributed by atoms with Gasteiger partial charge in [-0.25, -0.2) is 0 Å². The zero-order valence-corrected chi connectivity index (χ0v) is 13.4. The van der Waals surface area contributed by atoms with Crippen LogP contribution in [0.5, 0.6) is 0 Å². The van der Waals surface area contributed by atoms with Crippen molar-refractivity contribution in [1.82, 2.24) is 0 Å². The average molecular weight is 381 g/mol. The highest BCUT2D eigenvalue weighted by molar-refractivity contribution is 14.1. The third-order valence-electron chi connectivity index (χ3n) is 2.81. The van der Waals surface area contributed by atoms with Crippen molar-refractivity contribution < 1.29 is 9.53 Å². The Labute approximate surface area is 132 Å². The van der Waals surface area contributed by atoms with Crippen LogP contribution in [0.25, 0.3) is 0 Å². The summed E-state index contributed by atoms with van der Waals surface area (Å²) in [5.74, 6) is -0.104. The lowest BCUT2D eigenvalue weighted by molar-refractivity contribution is 0.102. The van der Waals surface area contributed by atoms with Crippen LogP contribution < -0.4 is 5.32 Å². The predicted molar refractivity (Wildman–Crippen MR) is 88.9 cm³/mol. The van der Waals surface area contributed by atoms with E-state index in [2.05, 4.69) is 27.9 Å². The summed E-state index contributed by atoms with van der Waals surface area (Å²) in [5.41, 5.74) is 2.43. The van der Waals surface area contributed by atoms with Crippen LogP contribution in [0.4, 0.5) is 5.69 Å². The first kappa shape index (κ1) is 15.0. The SMILES string of the molecule is CCOCc1ccccc1NC(=O)c1cccc(I)c1. The molecule has 3 nitrogen and oxygen atoms in total. The van der Waals surface area contributed by atoms with E-state index >= 15 is 0 Å². The molecule has 0 fully saturated rings. The number of carbonyl (C=O) groups excluding carboxylic acids is 1. The summed E-state index contributed by atoms with van der Waals surface area (Å²) in [6, 6.07) is 15.2. The first-order valence-corrected chi connectivity index (χ1v) is 7.51. The van der Waals surface area contributed by atoms with Crippen molar-refractivity contribution in [2.24, 2.45) is 0 Å². The molecule has 20 heavy (non-hydrogen) atoms. The van der Waals surface area contributed by atoms with Gasteiger partial charge in [0.15, 0.2) is 0 Å². The monoisotopic (exact) mass is 381 g/mol. The van der Waals surface area contributed by atoms with Crippen LogP contribution in [-0.4, -0.2) is 12.5 Å². The highest BCUT2D eigenvalue weighted by Gasteiger charge is 2.09. The molecular weight excluding hydrogens is 365 g/mol. The van der Waals surface area contributed by atoms with Gasteiger partial charge < -0.3 is 10.1 Å². The van der Waals surface area contributed by atoms with E-state index in [1.807, 2.05) is 55.5 Å². The quantitative estimate of drug-likeness (QED) is 0.793. The predicted octanol–water partition coefficient (Wildman–Crippen LogP) is 4.08. The van der Waals surface area contributed by atoms with Crippen LogP contribution >= 0.6 is 22.6 Å². The van der Waals surface area contributed by atoms with Crippen molar-refractivity contribution >= 4 is 34.2 Å². The average Bonchev–Trinajstić information content (AvgIpc) is 2.46. The molecule has 0 unspecified atom stereocenters. The lowest BCUT2D eigenvalue weighted by Gasteiger charge is -2.11. The Kier molecular flexibility index (Phi) is 5.55. The summed E-state index contributed by atoms with van der Waals surface area (Å²) in [5, 5.41) is 2.94. The van der Waals surface area contributed by atoms with Crippen molar-refractivity contribution in [3.8, 4) is 0 Å². The normalized spacial score (nSPS) is 10.3. The van der Waals surface area contributed by atoms with Gasteiger partial charge in [0.1, 0.15) is 0 Å². The number of nitrogens with one attached hydrogen (secondary N) is 1. The standard InChI is InChI=1S/C16H16INO2/c1-2-20-11-13-6-3-4-9-15(13)18-16(19)12-7-5-8-14(17)10-12/h3-10H,2,11H2,1H3,(H,18,19). The number of hydrogen-bond donors (Lipinski definition) is 1. The van der Waals surface area contributed by atoms with Gasteiger partial charge >= 0.3 is 0 Å². The first-order valence-electron chi connectivity index (χ1n) is 6.43. The van der Waals surface area contributed by atoms with Crippen LogP contribution in [-0.2, 0) is 11.3 Å². The summed E-state index contributed by atoms with van der Waals surface area (Å²) in [4.78, 5) is 12.2. The van der Waals surface area contributed by atoms with Crippen molar-refractivity contribution in [3.63, 3.8) is 0 Å². The van der Waals surface area contributed by atoms with E-state index in [0.717, 1.165) is 14.8 Å². The molecule has 104 valence electrons. The van der Waals surface area contributed by atoms with Crippen LogP contribution in [0.15, 0.2) is 48.5 Å². The summed E-state index contributed by atoms with van der Waals surface area (Å²) in [6.07, 6.45) is 0. The fraction of sp³-hybridized carbons (Fsp3) is 0.188. The highest BCUT2D eigenvalue weighted by atomic mass is 127. The molecule has 0 bridgehead atoms. The molecule has 1 N–H and O–H groups in total. The number of amides is 1. The van der Waals surface area contributed by atoms with Gasteiger partial charge in [0.05, 0.1) is 6.61 Å². The first-order chi connectivity index (χ1) is 9.70. The molecule has 0 atom stereocenters. The molecule has 0 aromatic heterocycles. The second kappa shape index (κ2) is 7.40. The molecule has 2 aromatic carbocycles. The summed E-state index contributed by atoms with van der Waals surface area (Å²) in [6.45, 7) is 3.10. The van der Waals surface area contributed by atoms with E-state index in [9.17, 15) is 4.79 Å². The van der Waals surface area contributed by atoms with Crippen molar-refractivity contribution in [1.29, 1.82) is 0 Å². The van der Waals surface area contributed by atoms with Gasteiger partial charge in [-0.1, -0.05) is 24.3 Å². The maximum atomic E-state index is 12.2. The third-order valence-corrected chi connectivity index (χ3v) is 3.49. The highest BCUT2D eigenvalue weighted by Crippen LogP contribution is 2.18. The van der Waals surface area contributed by atoms with E-state index in [-0.39, 0.29) is 5.91 Å². The molecule has 0 aliphatic carbocycles. The van der Waals surface area contributed by atoms with Crippen LogP contribution in [0.1, 0.15) is 22.8 Å². The maximum absolute atomic E-state index is 12.2. The van der Waals surface area contributed by atoms with Crippen LogP contribution in [0.3, 0.4) is 0 Å². The van der Waals surface area contributed by atoms with E-state index in [4.69, 9.17) is 4.74 Å². The Balaban J connectivity index is 2.15. The number of benzene rings is 2. The number of rotatable bonds is 5. The molecule has 4 heteroatoms. The summed E-state index contributed by atoms with van der Waals surface area (Å²) in [7, 11) is 0. The third kappa shape index (κ3) is 4.05. The molecular formula is C16H16INO2. The number of halogens is 1. The lowest BCUT2D eigenvalue weighted by atomic mass is 10.1. The maximum Gasteiger partial charge on any atom is 0.255 e. The minimum absolute atomic E-state index is 0.104. The van der Waals surface area contributed by atoms with Crippen molar-refractivity contribution in [2.75, 3.05) is 11.9 Å². The number of ether oxygens (including phenoxy) is 1. The van der Waals surface area contributed by atoms with Gasteiger partial charge in [-0.3, -0.25) is 4.79 Å². The number of anilines is 1. The fourth-order valence-electron chi connectivity index (χ4n) is 1.80. The Hall–Kier alpha value is -1.40. The molecule has 0 aliphatic heterocycles. The minimum Gasteiger partial charge on any atom is -0.377 e. The van der Waals surface area contributed by atoms with Crippen LogP contribution in [0.2, 0.25) is 0 Å². The molecule has 1 amide bonds. The summed E-state index contributed by atoms with van der Waals surface area (Å²) >= 11 is 2.19. The molecule has 2 rings (SSSR count). The molecule has 0 aliphatic rings. The minimum atomic E-state index is -0.104. The largest absolute Gasteiger partial charge is 0.377 e. The molecule has 0 radical (unpaired) electrons. The summed E-state index contributed by atoms with van der Waals surface area (Å²) < 4.78 is 6.45. The second-order valence-corrected chi connectivity index (χ2v) is 5.50. The molecule has 0 saturated heterocycles. The van der Waals surface area contributed by atoms with Crippen molar-refractivity contribution in [2.45, 2.75) is 13.5 Å². The smallest absolute Gasteiger partial charge is 0.255 e. The Bertz CT molecular complexity index is 599.